The standard InChI is InChI=1S/C13H15N3O3S/c1-8-3-4-14-13(15-8)20-9(2)5-10-6-11(17)16(10)7-12(18)19/h3-4,10H,2,5-7H2,1H3,(H,18,19). The third-order valence-electron chi connectivity index (χ3n) is 2.95. The fourth-order valence-corrected chi connectivity index (χ4v) is 2.81. The predicted octanol–water partition coefficient (Wildman–Crippen LogP) is 1.47. The van der Waals surface area contributed by atoms with Gasteiger partial charge >= 0.3 is 5.97 Å². The second-order valence-corrected chi connectivity index (χ2v) is 5.75. The Bertz CT molecular complexity index is 562. The Morgan fingerprint density at radius 3 is 3.00 bits per heavy atom. The number of β-lactam (4-membered cyclic amide) rings is 1. The lowest BCUT2D eigenvalue weighted by atomic mass is 9.98. The van der Waals surface area contributed by atoms with E-state index in [2.05, 4.69) is 16.5 Å². The highest BCUT2D eigenvalue weighted by molar-refractivity contribution is 8.02. The van der Waals surface area contributed by atoms with E-state index in [0.29, 0.717) is 18.0 Å². The maximum Gasteiger partial charge on any atom is 0.323 e. The van der Waals surface area contributed by atoms with Crippen LogP contribution < -0.4 is 0 Å². The summed E-state index contributed by atoms with van der Waals surface area (Å²) in [7, 11) is 0. The summed E-state index contributed by atoms with van der Waals surface area (Å²) in [5.74, 6) is -1.12. The number of likely N-dealkylation sites (tertiary alicyclic amines) is 1. The fraction of sp³-hybridized carbons (Fsp3) is 0.385. The number of carbonyl (C=O) groups is 2. The van der Waals surface area contributed by atoms with Crippen LogP contribution in [0.2, 0.25) is 0 Å². The van der Waals surface area contributed by atoms with Gasteiger partial charge in [0.2, 0.25) is 5.91 Å². The van der Waals surface area contributed by atoms with Crippen LogP contribution in [0.3, 0.4) is 0 Å². The molecular weight excluding hydrogens is 278 g/mol. The zero-order valence-corrected chi connectivity index (χ0v) is 11.9. The summed E-state index contributed by atoms with van der Waals surface area (Å²) >= 11 is 1.36. The van der Waals surface area contributed by atoms with Gasteiger partial charge in [0.25, 0.3) is 0 Å². The van der Waals surface area contributed by atoms with Crippen molar-refractivity contribution in [2.24, 2.45) is 0 Å². The number of amides is 1. The molecule has 1 aliphatic rings. The van der Waals surface area contributed by atoms with Gasteiger partial charge in [-0.2, -0.15) is 0 Å². The van der Waals surface area contributed by atoms with Crippen molar-refractivity contribution in [3.05, 3.63) is 29.4 Å². The second-order valence-electron chi connectivity index (χ2n) is 4.60. The summed E-state index contributed by atoms with van der Waals surface area (Å²) in [4.78, 5) is 32.6. The lowest BCUT2D eigenvalue weighted by Gasteiger charge is -2.39. The van der Waals surface area contributed by atoms with Crippen LogP contribution in [0, 0.1) is 6.92 Å². The van der Waals surface area contributed by atoms with Crippen LogP contribution in [-0.2, 0) is 9.59 Å². The topological polar surface area (TPSA) is 83.4 Å². The predicted molar refractivity (Wildman–Crippen MR) is 74.1 cm³/mol. The number of rotatable bonds is 6. The minimum absolute atomic E-state index is 0.0802. The first-order valence-electron chi connectivity index (χ1n) is 6.12. The minimum Gasteiger partial charge on any atom is -0.480 e. The molecule has 2 rings (SSSR count). The Labute approximate surface area is 120 Å². The zero-order valence-electron chi connectivity index (χ0n) is 11.1. The van der Waals surface area contributed by atoms with Gasteiger partial charge in [0.15, 0.2) is 5.16 Å². The van der Waals surface area contributed by atoms with Crippen LogP contribution in [0.5, 0.6) is 0 Å². The molecule has 0 spiro atoms. The van der Waals surface area contributed by atoms with Crippen molar-refractivity contribution >= 4 is 23.6 Å². The summed E-state index contributed by atoms with van der Waals surface area (Å²) in [6.07, 6.45) is 2.62. The molecule has 0 bridgehead atoms. The summed E-state index contributed by atoms with van der Waals surface area (Å²) < 4.78 is 0. The Hall–Kier alpha value is -1.89. The molecule has 1 N–H and O–H groups in total. The maximum atomic E-state index is 11.4. The van der Waals surface area contributed by atoms with E-state index in [9.17, 15) is 9.59 Å². The van der Waals surface area contributed by atoms with Crippen molar-refractivity contribution in [1.29, 1.82) is 0 Å². The first-order chi connectivity index (χ1) is 9.45. The van der Waals surface area contributed by atoms with Crippen LogP contribution in [0.1, 0.15) is 18.5 Å². The largest absolute Gasteiger partial charge is 0.480 e. The van der Waals surface area contributed by atoms with Crippen molar-refractivity contribution in [1.82, 2.24) is 14.9 Å². The Balaban J connectivity index is 1.89. The lowest BCUT2D eigenvalue weighted by Crippen LogP contribution is -2.54. The number of aliphatic carboxylic acids is 1. The van der Waals surface area contributed by atoms with Gasteiger partial charge < -0.3 is 10.0 Å². The molecule has 2 heterocycles. The van der Waals surface area contributed by atoms with E-state index in [1.807, 2.05) is 13.0 Å². The minimum atomic E-state index is -0.997. The first kappa shape index (κ1) is 14.5. The zero-order chi connectivity index (χ0) is 14.7. The molecule has 1 aromatic heterocycles. The van der Waals surface area contributed by atoms with E-state index in [1.165, 1.54) is 16.7 Å². The molecule has 1 atom stereocenters. The van der Waals surface area contributed by atoms with E-state index < -0.39 is 5.97 Å². The number of aryl methyl sites for hydroxylation is 1. The van der Waals surface area contributed by atoms with Gasteiger partial charge in [-0.15, -0.1) is 0 Å². The van der Waals surface area contributed by atoms with Gasteiger partial charge in [-0.1, -0.05) is 18.3 Å². The molecule has 1 saturated heterocycles. The van der Waals surface area contributed by atoms with E-state index in [-0.39, 0.29) is 18.5 Å². The summed E-state index contributed by atoms with van der Waals surface area (Å²) in [5, 5.41) is 9.36. The van der Waals surface area contributed by atoms with E-state index in [4.69, 9.17) is 5.11 Å². The Kier molecular flexibility index (Phi) is 4.39. The van der Waals surface area contributed by atoms with Crippen LogP contribution in [0.25, 0.3) is 0 Å². The molecule has 0 aromatic carbocycles. The molecule has 0 saturated carbocycles. The van der Waals surface area contributed by atoms with Gasteiger partial charge in [-0.3, -0.25) is 9.59 Å². The van der Waals surface area contributed by atoms with Crippen LogP contribution in [-0.4, -0.2) is 44.4 Å². The molecule has 1 unspecified atom stereocenters. The first-order valence-corrected chi connectivity index (χ1v) is 6.94. The van der Waals surface area contributed by atoms with Crippen LogP contribution >= 0.6 is 11.8 Å². The van der Waals surface area contributed by atoms with Crippen LogP contribution in [0.15, 0.2) is 28.9 Å². The van der Waals surface area contributed by atoms with Crippen molar-refractivity contribution in [2.75, 3.05) is 6.54 Å². The smallest absolute Gasteiger partial charge is 0.323 e. The number of nitrogens with zero attached hydrogens (tertiary/aromatic N) is 3. The summed E-state index contributed by atoms with van der Waals surface area (Å²) in [6.45, 7) is 5.57. The van der Waals surface area contributed by atoms with Gasteiger partial charge in [0, 0.05) is 24.4 Å². The highest BCUT2D eigenvalue weighted by Crippen LogP contribution is 2.31. The third kappa shape index (κ3) is 3.57. The number of thioether (sulfide) groups is 1. The third-order valence-corrected chi connectivity index (χ3v) is 3.78. The molecule has 0 radical (unpaired) electrons. The molecule has 1 amide bonds. The fourth-order valence-electron chi connectivity index (χ4n) is 1.97. The lowest BCUT2D eigenvalue weighted by molar-refractivity contribution is -0.154. The molecule has 20 heavy (non-hydrogen) atoms. The van der Waals surface area contributed by atoms with Gasteiger partial charge in [0.1, 0.15) is 6.54 Å². The van der Waals surface area contributed by atoms with Gasteiger partial charge in [-0.25, -0.2) is 9.97 Å². The number of aromatic nitrogens is 2. The molecule has 1 fully saturated rings. The summed E-state index contributed by atoms with van der Waals surface area (Å²) in [6, 6.07) is 1.73. The SMILES string of the molecule is C=C(CC1CC(=O)N1CC(=O)O)Sc1nccc(C)n1. The Morgan fingerprint density at radius 1 is 1.65 bits per heavy atom. The number of carbonyl (C=O) groups excluding carboxylic acids is 1. The highest BCUT2D eigenvalue weighted by Gasteiger charge is 2.37. The highest BCUT2D eigenvalue weighted by atomic mass is 32.2. The molecule has 1 aliphatic heterocycles. The van der Waals surface area contributed by atoms with E-state index in [1.54, 1.807) is 6.20 Å². The number of hydrogen-bond acceptors (Lipinski definition) is 5. The van der Waals surface area contributed by atoms with Crippen molar-refractivity contribution < 1.29 is 14.7 Å². The monoisotopic (exact) mass is 293 g/mol. The molecule has 106 valence electrons. The van der Waals surface area contributed by atoms with E-state index >= 15 is 0 Å². The quantitative estimate of drug-likeness (QED) is 0.486. The van der Waals surface area contributed by atoms with Gasteiger partial charge in [-0.05, 0) is 24.3 Å². The van der Waals surface area contributed by atoms with Crippen molar-refractivity contribution in [2.45, 2.75) is 31.0 Å². The molecule has 7 heteroatoms. The van der Waals surface area contributed by atoms with Crippen molar-refractivity contribution in [3.8, 4) is 0 Å². The number of hydrogen-bond donors (Lipinski definition) is 1. The van der Waals surface area contributed by atoms with Crippen molar-refractivity contribution in [3.63, 3.8) is 0 Å². The maximum absolute atomic E-state index is 11.4. The molecule has 6 nitrogen and oxygen atoms in total. The second kappa shape index (κ2) is 6.04. The molecule has 1 aromatic rings. The average Bonchev–Trinajstić information content (AvgIpc) is 2.35. The molecular formula is C13H15N3O3S. The molecule has 0 aliphatic carbocycles. The summed E-state index contributed by atoms with van der Waals surface area (Å²) in [5.41, 5.74) is 0.877. The number of carboxylic acid groups (broad SMARTS) is 1. The number of carboxylic acids is 1. The van der Waals surface area contributed by atoms with Crippen LogP contribution in [0.4, 0.5) is 0 Å². The Morgan fingerprint density at radius 2 is 2.40 bits per heavy atom. The van der Waals surface area contributed by atoms with Gasteiger partial charge in [0.05, 0.1) is 0 Å². The van der Waals surface area contributed by atoms with E-state index in [0.717, 1.165) is 10.6 Å². The normalized spacial score (nSPS) is 17.8. The average molecular weight is 293 g/mol.